The van der Waals surface area contributed by atoms with Crippen LogP contribution in [-0.4, -0.2) is 27.6 Å². The van der Waals surface area contributed by atoms with Gasteiger partial charge in [-0.05, 0) is 25.0 Å². The summed E-state index contributed by atoms with van der Waals surface area (Å²) < 4.78 is 5.08. The van der Waals surface area contributed by atoms with Crippen LogP contribution in [0.25, 0.3) is 0 Å². The third kappa shape index (κ3) is 3.64. The summed E-state index contributed by atoms with van der Waals surface area (Å²) in [6.07, 6.45) is 3.91. The fraction of sp³-hybridized carbons (Fsp3) is 0.438. The van der Waals surface area contributed by atoms with Crippen LogP contribution in [-0.2, 0) is 0 Å². The molecule has 0 saturated carbocycles. The molecule has 2 heterocycles. The lowest BCUT2D eigenvalue weighted by molar-refractivity contribution is 0.185. The molecule has 1 unspecified atom stereocenters. The summed E-state index contributed by atoms with van der Waals surface area (Å²) in [5.41, 5.74) is 0.603. The van der Waals surface area contributed by atoms with E-state index in [-0.39, 0.29) is 12.1 Å². The molecule has 0 radical (unpaired) electrons. The van der Waals surface area contributed by atoms with Crippen molar-refractivity contribution in [2.45, 2.75) is 38.6 Å². The van der Waals surface area contributed by atoms with Crippen LogP contribution in [0, 0.1) is 6.92 Å². The molecule has 23 heavy (non-hydrogen) atoms. The van der Waals surface area contributed by atoms with Gasteiger partial charge in [-0.25, -0.2) is 4.79 Å². The van der Waals surface area contributed by atoms with Crippen LogP contribution in [0.1, 0.15) is 43.4 Å². The number of nitrogens with zero attached hydrogens (tertiary/aromatic N) is 3. The van der Waals surface area contributed by atoms with Crippen molar-refractivity contribution in [2.75, 3.05) is 11.9 Å². The lowest BCUT2D eigenvalue weighted by atomic mass is 10.1. The van der Waals surface area contributed by atoms with Gasteiger partial charge in [0.1, 0.15) is 0 Å². The molecular formula is C16H19ClN4O2. The number of hydrogen-bond donors (Lipinski definition) is 1. The molecule has 1 saturated heterocycles. The van der Waals surface area contributed by atoms with Crippen LogP contribution in [0.15, 0.2) is 28.8 Å². The smallest absolute Gasteiger partial charge is 0.322 e. The van der Waals surface area contributed by atoms with E-state index in [4.69, 9.17) is 16.1 Å². The molecule has 1 aromatic carbocycles. The van der Waals surface area contributed by atoms with Crippen LogP contribution >= 0.6 is 11.6 Å². The van der Waals surface area contributed by atoms with Crippen molar-refractivity contribution in [1.29, 1.82) is 0 Å². The summed E-state index contributed by atoms with van der Waals surface area (Å²) in [6.45, 7) is 2.41. The summed E-state index contributed by atoms with van der Waals surface area (Å²) in [6, 6.07) is 6.84. The van der Waals surface area contributed by atoms with Gasteiger partial charge in [0.25, 0.3) is 0 Å². The van der Waals surface area contributed by atoms with Gasteiger partial charge in [-0.1, -0.05) is 41.7 Å². The second-order valence-corrected chi connectivity index (χ2v) is 6.05. The van der Waals surface area contributed by atoms with Crippen LogP contribution in [0.4, 0.5) is 10.5 Å². The first-order valence-corrected chi connectivity index (χ1v) is 8.15. The number of likely N-dealkylation sites (tertiary alicyclic amines) is 1. The maximum atomic E-state index is 12.7. The van der Waals surface area contributed by atoms with Gasteiger partial charge in [-0.15, -0.1) is 0 Å². The first-order chi connectivity index (χ1) is 11.1. The van der Waals surface area contributed by atoms with Crippen molar-refractivity contribution in [3.63, 3.8) is 0 Å². The van der Waals surface area contributed by atoms with Crippen molar-refractivity contribution >= 4 is 23.3 Å². The molecule has 1 fully saturated rings. The van der Waals surface area contributed by atoms with Gasteiger partial charge in [0.2, 0.25) is 5.89 Å². The van der Waals surface area contributed by atoms with Crippen LogP contribution in [0.5, 0.6) is 0 Å². The number of urea groups is 1. The highest BCUT2D eigenvalue weighted by Crippen LogP contribution is 2.30. The molecule has 2 amide bonds. The number of halogens is 1. The predicted octanol–water partition coefficient (Wildman–Crippen LogP) is 4.18. The van der Waals surface area contributed by atoms with E-state index in [1.165, 1.54) is 0 Å². The SMILES string of the molecule is Cc1nc(C2CCCCCN2C(=O)Nc2ccccc2Cl)no1. The largest absolute Gasteiger partial charge is 0.340 e. The molecule has 1 atom stereocenters. The van der Waals surface area contributed by atoms with Crippen LogP contribution in [0.2, 0.25) is 5.02 Å². The van der Waals surface area contributed by atoms with Gasteiger partial charge in [0, 0.05) is 13.5 Å². The maximum Gasteiger partial charge on any atom is 0.322 e. The monoisotopic (exact) mass is 334 g/mol. The number of hydrogen-bond acceptors (Lipinski definition) is 4. The molecule has 2 aromatic rings. The number of nitrogens with one attached hydrogen (secondary N) is 1. The number of carbonyl (C=O) groups excluding carboxylic acids is 1. The zero-order valence-electron chi connectivity index (χ0n) is 13.0. The molecule has 1 N–H and O–H groups in total. The Morgan fingerprint density at radius 2 is 2.17 bits per heavy atom. The molecule has 1 aromatic heterocycles. The van der Waals surface area contributed by atoms with Crippen molar-refractivity contribution < 1.29 is 9.32 Å². The maximum absolute atomic E-state index is 12.7. The Hall–Kier alpha value is -2.08. The average molecular weight is 335 g/mol. The third-order valence-corrected chi connectivity index (χ3v) is 4.30. The van der Waals surface area contributed by atoms with E-state index in [1.54, 1.807) is 24.0 Å². The number of rotatable bonds is 2. The van der Waals surface area contributed by atoms with E-state index in [1.807, 2.05) is 12.1 Å². The van der Waals surface area contributed by atoms with Gasteiger partial charge in [-0.3, -0.25) is 0 Å². The van der Waals surface area contributed by atoms with Crippen LogP contribution < -0.4 is 5.32 Å². The number of benzene rings is 1. The van der Waals surface area contributed by atoms with E-state index < -0.39 is 0 Å². The van der Waals surface area contributed by atoms with E-state index in [2.05, 4.69) is 15.5 Å². The minimum atomic E-state index is -0.188. The Morgan fingerprint density at radius 3 is 2.91 bits per heavy atom. The minimum Gasteiger partial charge on any atom is -0.340 e. The van der Waals surface area contributed by atoms with Gasteiger partial charge in [-0.2, -0.15) is 4.98 Å². The Morgan fingerprint density at radius 1 is 1.35 bits per heavy atom. The number of aromatic nitrogens is 2. The van der Waals surface area contributed by atoms with Gasteiger partial charge in [0.15, 0.2) is 5.82 Å². The molecule has 1 aliphatic rings. The Bertz CT molecular complexity index is 688. The third-order valence-electron chi connectivity index (χ3n) is 3.97. The highest BCUT2D eigenvalue weighted by atomic mass is 35.5. The number of aryl methyl sites for hydroxylation is 1. The van der Waals surface area contributed by atoms with E-state index >= 15 is 0 Å². The lowest BCUT2D eigenvalue weighted by Gasteiger charge is -2.28. The summed E-state index contributed by atoms with van der Waals surface area (Å²) in [5.74, 6) is 1.08. The zero-order chi connectivity index (χ0) is 16.2. The van der Waals surface area contributed by atoms with Crippen molar-refractivity contribution in [3.8, 4) is 0 Å². The van der Waals surface area contributed by atoms with Crippen molar-refractivity contribution in [2.24, 2.45) is 0 Å². The van der Waals surface area contributed by atoms with Gasteiger partial charge in [0.05, 0.1) is 16.8 Å². The highest BCUT2D eigenvalue weighted by Gasteiger charge is 2.30. The minimum absolute atomic E-state index is 0.169. The fourth-order valence-electron chi connectivity index (χ4n) is 2.82. The Kier molecular flexibility index (Phi) is 4.81. The Labute approximate surface area is 139 Å². The molecule has 1 aliphatic heterocycles. The molecule has 0 aliphatic carbocycles. The molecule has 122 valence electrons. The second-order valence-electron chi connectivity index (χ2n) is 5.64. The average Bonchev–Trinajstić information content (AvgIpc) is 2.82. The molecule has 0 bridgehead atoms. The lowest BCUT2D eigenvalue weighted by Crippen LogP contribution is -2.38. The predicted molar refractivity (Wildman–Crippen MR) is 87.4 cm³/mol. The van der Waals surface area contributed by atoms with Gasteiger partial charge < -0.3 is 14.7 Å². The normalized spacial score (nSPS) is 18.5. The summed E-state index contributed by atoms with van der Waals surface area (Å²) in [7, 11) is 0. The molecule has 7 heteroatoms. The molecule has 0 spiro atoms. The first kappa shape index (κ1) is 15.8. The van der Waals surface area contributed by atoms with E-state index in [9.17, 15) is 4.79 Å². The van der Waals surface area contributed by atoms with Crippen molar-refractivity contribution in [3.05, 3.63) is 41.0 Å². The molecule has 6 nitrogen and oxygen atoms in total. The topological polar surface area (TPSA) is 71.3 Å². The highest BCUT2D eigenvalue weighted by molar-refractivity contribution is 6.33. The van der Waals surface area contributed by atoms with Crippen molar-refractivity contribution in [1.82, 2.24) is 15.0 Å². The number of anilines is 1. The number of amides is 2. The van der Waals surface area contributed by atoms with Crippen LogP contribution in [0.3, 0.4) is 0 Å². The molecule has 3 rings (SSSR count). The summed E-state index contributed by atoms with van der Waals surface area (Å²) in [4.78, 5) is 18.8. The molecular weight excluding hydrogens is 316 g/mol. The second kappa shape index (κ2) is 7.00. The first-order valence-electron chi connectivity index (χ1n) is 7.77. The summed E-state index contributed by atoms with van der Waals surface area (Å²) >= 11 is 6.12. The standard InChI is InChI=1S/C16H19ClN4O2/c1-11-18-15(20-23-11)14-9-3-2-6-10-21(14)16(22)19-13-8-5-4-7-12(13)17/h4-5,7-8,14H,2-3,6,9-10H2,1H3,(H,19,22). The van der Waals surface area contributed by atoms with Gasteiger partial charge >= 0.3 is 6.03 Å². The summed E-state index contributed by atoms with van der Waals surface area (Å²) in [5, 5.41) is 7.40. The fourth-order valence-corrected chi connectivity index (χ4v) is 3.00. The van der Waals surface area contributed by atoms with E-state index in [0.717, 1.165) is 25.7 Å². The zero-order valence-corrected chi connectivity index (χ0v) is 13.7. The number of carbonyl (C=O) groups is 1. The Balaban J connectivity index is 1.81. The number of para-hydroxylation sites is 1. The van der Waals surface area contributed by atoms with E-state index in [0.29, 0.717) is 29.0 Å². The quantitative estimate of drug-likeness (QED) is 0.894.